The number of nitrogens with zero attached hydrogens (tertiary/aromatic N) is 3. The quantitative estimate of drug-likeness (QED) is 0.596. The lowest BCUT2D eigenvalue weighted by molar-refractivity contribution is 1.19. The molecule has 11 heavy (non-hydrogen) atoms. The third kappa shape index (κ3) is 0.991. The molecule has 0 radical (unpaired) electrons. The fourth-order valence-electron chi connectivity index (χ4n) is 0.922. The SMILES string of the molecule is Cc1cnc2c(C)nsc2n1. The van der Waals surface area contributed by atoms with Crippen LogP contribution < -0.4 is 0 Å². The summed E-state index contributed by atoms with van der Waals surface area (Å²) in [7, 11) is 0. The summed E-state index contributed by atoms with van der Waals surface area (Å²) in [5, 5.41) is 0. The maximum atomic E-state index is 4.29. The molecule has 0 atom stereocenters. The fraction of sp³-hybridized carbons (Fsp3) is 0.286. The molecule has 0 fully saturated rings. The van der Waals surface area contributed by atoms with Gasteiger partial charge in [-0.05, 0) is 25.4 Å². The number of fused-ring (bicyclic) bond motifs is 1. The first-order valence-electron chi connectivity index (χ1n) is 3.33. The molecule has 0 saturated carbocycles. The van der Waals surface area contributed by atoms with Crippen molar-refractivity contribution in [3.8, 4) is 0 Å². The van der Waals surface area contributed by atoms with Crippen molar-refractivity contribution in [3.63, 3.8) is 0 Å². The number of aryl methyl sites for hydroxylation is 2. The zero-order chi connectivity index (χ0) is 7.84. The maximum Gasteiger partial charge on any atom is 0.162 e. The van der Waals surface area contributed by atoms with E-state index in [1.54, 1.807) is 6.20 Å². The number of hydrogen-bond acceptors (Lipinski definition) is 4. The Kier molecular flexibility index (Phi) is 1.35. The Balaban J connectivity index is 2.86. The molecule has 0 aromatic carbocycles. The second-order valence-corrected chi connectivity index (χ2v) is 3.18. The van der Waals surface area contributed by atoms with Crippen LogP contribution in [0.1, 0.15) is 11.4 Å². The molecule has 0 aliphatic heterocycles. The highest BCUT2D eigenvalue weighted by Gasteiger charge is 2.02. The highest BCUT2D eigenvalue weighted by Crippen LogP contribution is 2.16. The first kappa shape index (κ1) is 6.67. The molecule has 0 N–H and O–H groups in total. The van der Waals surface area contributed by atoms with Crippen molar-refractivity contribution in [2.45, 2.75) is 13.8 Å². The van der Waals surface area contributed by atoms with Crippen LogP contribution >= 0.6 is 11.5 Å². The Morgan fingerprint density at radius 2 is 2.18 bits per heavy atom. The van der Waals surface area contributed by atoms with E-state index in [0.717, 1.165) is 21.7 Å². The van der Waals surface area contributed by atoms with Crippen molar-refractivity contribution < 1.29 is 0 Å². The van der Waals surface area contributed by atoms with Crippen LogP contribution in [0.2, 0.25) is 0 Å². The number of hydrogen-bond donors (Lipinski definition) is 0. The van der Waals surface area contributed by atoms with Crippen molar-refractivity contribution in [3.05, 3.63) is 17.6 Å². The lowest BCUT2D eigenvalue weighted by Gasteiger charge is -1.89. The number of rotatable bonds is 0. The standard InChI is InChI=1S/C7H7N3S/c1-4-3-8-6-5(2)10-11-7(6)9-4/h3H,1-2H3. The van der Waals surface area contributed by atoms with E-state index in [2.05, 4.69) is 14.3 Å². The summed E-state index contributed by atoms with van der Waals surface area (Å²) >= 11 is 1.40. The average Bonchev–Trinajstić information content (AvgIpc) is 2.32. The third-order valence-corrected chi connectivity index (χ3v) is 2.30. The van der Waals surface area contributed by atoms with Crippen molar-refractivity contribution in [1.82, 2.24) is 14.3 Å². The Morgan fingerprint density at radius 1 is 1.36 bits per heavy atom. The molecular weight excluding hydrogens is 158 g/mol. The van der Waals surface area contributed by atoms with Gasteiger partial charge in [-0.25, -0.2) is 9.97 Å². The van der Waals surface area contributed by atoms with Crippen LogP contribution in [-0.4, -0.2) is 14.3 Å². The molecular formula is C7H7N3S. The lowest BCUT2D eigenvalue weighted by Crippen LogP contribution is -1.83. The summed E-state index contributed by atoms with van der Waals surface area (Å²) in [4.78, 5) is 9.45. The minimum absolute atomic E-state index is 0.931. The maximum absolute atomic E-state index is 4.29. The Hall–Kier alpha value is -1.03. The Morgan fingerprint density at radius 3 is 3.00 bits per heavy atom. The molecule has 2 heterocycles. The molecule has 56 valence electrons. The molecule has 2 rings (SSSR count). The molecule has 2 aromatic heterocycles. The molecule has 4 heteroatoms. The van der Waals surface area contributed by atoms with Crippen LogP contribution in [0.25, 0.3) is 10.3 Å². The van der Waals surface area contributed by atoms with E-state index in [0.29, 0.717) is 0 Å². The molecule has 2 aromatic rings. The molecule has 0 bridgehead atoms. The second kappa shape index (κ2) is 2.23. The lowest BCUT2D eigenvalue weighted by atomic mass is 10.4. The van der Waals surface area contributed by atoms with Crippen molar-refractivity contribution in [1.29, 1.82) is 0 Å². The van der Waals surface area contributed by atoms with Gasteiger partial charge in [-0.15, -0.1) is 0 Å². The van der Waals surface area contributed by atoms with Crippen molar-refractivity contribution in [2.75, 3.05) is 0 Å². The molecule has 0 spiro atoms. The van der Waals surface area contributed by atoms with Gasteiger partial charge in [-0.2, -0.15) is 4.37 Å². The van der Waals surface area contributed by atoms with Crippen LogP contribution in [0.15, 0.2) is 6.20 Å². The van der Waals surface area contributed by atoms with Crippen LogP contribution in [0.4, 0.5) is 0 Å². The minimum Gasteiger partial charge on any atom is -0.250 e. The molecule has 3 nitrogen and oxygen atoms in total. The number of aromatic nitrogens is 3. The highest BCUT2D eigenvalue weighted by atomic mass is 32.1. The largest absolute Gasteiger partial charge is 0.250 e. The summed E-state index contributed by atoms with van der Waals surface area (Å²) in [5.41, 5.74) is 2.85. The summed E-state index contributed by atoms with van der Waals surface area (Å²) in [5.74, 6) is 0. The molecule has 0 aliphatic rings. The van der Waals surface area contributed by atoms with Gasteiger partial charge < -0.3 is 0 Å². The predicted octanol–water partition coefficient (Wildman–Crippen LogP) is 1.70. The zero-order valence-corrected chi connectivity index (χ0v) is 7.14. The van der Waals surface area contributed by atoms with E-state index < -0.39 is 0 Å². The van der Waals surface area contributed by atoms with Gasteiger partial charge in [-0.1, -0.05) is 0 Å². The van der Waals surface area contributed by atoms with Crippen molar-refractivity contribution in [2.24, 2.45) is 0 Å². The van der Waals surface area contributed by atoms with E-state index in [-0.39, 0.29) is 0 Å². The molecule has 0 aliphatic carbocycles. The van der Waals surface area contributed by atoms with E-state index in [4.69, 9.17) is 0 Å². The zero-order valence-electron chi connectivity index (χ0n) is 6.33. The van der Waals surface area contributed by atoms with E-state index in [1.807, 2.05) is 13.8 Å². The first-order valence-corrected chi connectivity index (χ1v) is 4.10. The highest BCUT2D eigenvalue weighted by molar-refractivity contribution is 7.12. The van der Waals surface area contributed by atoms with Gasteiger partial charge in [0.25, 0.3) is 0 Å². The molecule has 0 amide bonds. The van der Waals surface area contributed by atoms with Gasteiger partial charge in [0.1, 0.15) is 5.52 Å². The van der Waals surface area contributed by atoms with Crippen molar-refractivity contribution >= 4 is 21.9 Å². The third-order valence-electron chi connectivity index (χ3n) is 1.47. The normalized spacial score (nSPS) is 10.7. The average molecular weight is 165 g/mol. The Labute approximate surface area is 68.3 Å². The minimum atomic E-state index is 0.931. The van der Waals surface area contributed by atoms with E-state index in [1.165, 1.54) is 11.5 Å². The smallest absolute Gasteiger partial charge is 0.162 e. The van der Waals surface area contributed by atoms with Gasteiger partial charge >= 0.3 is 0 Å². The summed E-state index contributed by atoms with van der Waals surface area (Å²) in [6.07, 6.45) is 1.77. The summed E-state index contributed by atoms with van der Waals surface area (Å²) in [6.45, 7) is 3.88. The van der Waals surface area contributed by atoms with Gasteiger partial charge in [0, 0.05) is 6.20 Å². The molecule has 0 unspecified atom stereocenters. The predicted molar refractivity (Wildman–Crippen MR) is 44.7 cm³/mol. The van der Waals surface area contributed by atoms with Gasteiger partial charge in [0.2, 0.25) is 0 Å². The van der Waals surface area contributed by atoms with Crippen LogP contribution in [0.3, 0.4) is 0 Å². The summed E-state index contributed by atoms with van der Waals surface area (Å²) < 4.78 is 4.15. The fourth-order valence-corrected chi connectivity index (χ4v) is 1.70. The Bertz CT molecular complexity index is 393. The second-order valence-electron chi connectivity index (χ2n) is 2.43. The molecule has 0 saturated heterocycles. The van der Waals surface area contributed by atoms with E-state index >= 15 is 0 Å². The van der Waals surface area contributed by atoms with Crippen LogP contribution in [0, 0.1) is 13.8 Å². The monoisotopic (exact) mass is 165 g/mol. The summed E-state index contributed by atoms with van der Waals surface area (Å²) in [6, 6.07) is 0. The van der Waals surface area contributed by atoms with Crippen LogP contribution in [0.5, 0.6) is 0 Å². The van der Waals surface area contributed by atoms with Gasteiger partial charge in [0.05, 0.1) is 11.4 Å². The van der Waals surface area contributed by atoms with Crippen LogP contribution in [-0.2, 0) is 0 Å². The first-order chi connectivity index (χ1) is 5.27. The topological polar surface area (TPSA) is 38.7 Å². The van der Waals surface area contributed by atoms with E-state index in [9.17, 15) is 0 Å². The van der Waals surface area contributed by atoms with Gasteiger partial charge in [0.15, 0.2) is 4.83 Å². The van der Waals surface area contributed by atoms with Gasteiger partial charge in [-0.3, -0.25) is 0 Å².